The number of hydrogen-bond acceptors (Lipinski definition) is 3. The number of nitrogens with zero attached hydrogens (tertiary/aromatic N) is 2. The van der Waals surface area contributed by atoms with E-state index in [-0.39, 0.29) is 12.0 Å². The Hall–Kier alpha value is -2.70. The molecule has 2 aromatic carbocycles. The number of anilines is 3. The second-order valence-corrected chi connectivity index (χ2v) is 7.05. The molecule has 0 saturated carbocycles. The van der Waals surface area contributed by atoms with Crippen molar-refractivity contribution in [1.29, 1.82) is 0 Å². The Balaban J connectivity index is 1.69. The van der Waals surface area contributed by atoms with E-state index in [1.807, 2.05) is 29.2 Å². The van der Waals surface area contributed by atoms with E-state index in [0.29, 0.717) is 31.6 Å². The highest BCUT2D eigenvalue weighted by molar-refractivity contribution is 5.81. The minimum absolute atomic E-state index is 0.0112. The molecule has 4 rings (SSSR count). The van der Waals surface area contributed by atoms with Crippen molar-refractivity contribution in [2.75, 3.05) is 22.9 Å². The van der Waals surface area contributed by atoms with E-state index in [4.69, 9.17) is 0 Å². The Morgan fingerprint density at radius 1 is 1.04 bits per heavy atom. The van der Waals surface area contributed by atoms with Crippen LogP contribution in [-0.2, 0) is 11.0 Å². The zero-order valence-corrected chi connectivity index (χ0v) is 14.5. The van der Waals surface area contributed by atoms with Crippen LogP contribution in [0, 0.1) is 5.92 Å². The molecule has 142 valence electrons. The number of fused-ring (bicyclic) bond motifs is 3. The summed E-state index contributed by atoms with van der Waals surface area (Å²) in [6.45, 7) is 1.21. The SMILES string of the molecule is O=C(O)[C@@H]1CCN2c3ccccc3N(c3ccc(C(F)(F)F)cc3)C[C@@H]2C1. The Morgan fingerprint density at radius 2 is 1.70 bits per heavy atom. The van der Waals surface area contributed by atoms with Crippen LogP contribution in [0.25, 0.3) is 0 Å². The summed E-state index contributed by atoms with van der Waals surface area (Å²) in [5, 5.41) is 9.37. The van der Waals surface area contributed by atoms with E-state index in [1.165, 1.54) is 12.1 Å². The van der Waals surface area contributed by atoms with E-state index in [1.54, 1.807) is 0 Å². The van der Waals surface area contributed by atoms with Crippen molar-refractivity contribution < 1.29 is 23.1 Å². The third-order valence-corrected chi connectivity index (χ3v) is 5.45. The minimum atomic E-state index is -4.37. The van der Waals surface area contributed by atoms with Gasteiger partial charge in [0.25, 0.3) is 0 Å². The van der Waals surface area contributed by atoms with Crippen molar-refractivity contribution in [3.63, 3.8) is 0 Å². The summed E-state index contributed by atoms with van der Waals surface area (Å²) >= 11 is 0. The second kappa shape index (κ2) is 6.48. The third kappa shape index (κ3) is 3.22. The molecule has 0 bridgehead atoms. The molecule has 1 saturated heterocycles. The molecule has 0 amide bonds. The van der Waals surface area contributed by atoms with Crippen LogP contribution in [0.2, 0.25) is 0 Å². The van der Waals surface area contributed by atoms with Crippen LogP contribution in [0.5, 0.6) is 0 Å². The highest BCUT2D eigenvalue weighted by atomic mass is 19.4. The summed E-state index contributed by atoms with van der Waals surface area (Å²) in [7, 11) is 0. The number of halogens is 3. The number of rotatable bonds is 2. The van der Waals surface area contributed by atoms with Gasteiger partial charge in [0.05, 0.1) is 22.9 Å². The summed E-state index contributed by atoms with van der Waals surface area (Å²) in [6, 6.07) is 12.9. The maximum atomic E-state index is 12.9. The van der Waals surface area contributed by atoms with E-state index in [2.05, 4.69) is 4.90 Å². The molecule has 27 heavy (non-hydrogen) atoms. The average molecular weight is 376 g/mol. The lowest BCUT2D eigenvalue weighted by Gasteiger charge is -2.48. The molecule has 4 nitrogen and oxygen atoms in total. The van der Waals surface area contributed by atoms with Crippen molar-refractivity contribution >= 4 is 23.0 Å². The minimum Gasteiger partial charge on any atom is -0.481 e. The molecule has 7 heteroatoms. The molecule has 1 N–H and O–H groups in total. The van der Waals surface area contributed by atoms with Gasteiger partial charge >= 0.3 is 12.1 Å². The van der Waals surface area contributed by atoms with E-state index in [0.717, 1.165) is 23.5 Å². The molecule has 0 unspecified atom stereocenters. The van der Waals surface area contributed by atoms with Crippen LogP contribution in [0.3, 0.4) is 0 Å². The van der Waals surface area contributed by atoms with Gasteiger partial charge in [-0.05, 0) is 49.2 Å². The number of aliphatic carboxylic acids is 1. The van der Waals surface area contributed by atoms with Gasteiger partial charge in [-0.25, -0.2) is 0 Å². The van der Waals surface area contributed by atoms with Gasteiger partial charge < -0.3 is 14.9 Å². The van der Waals surface area contributed by atoms with Gasteiger partial charge in [0, 0.05) is 24.8 Å². The monoisotopic (exact) mass is 376 g/mol. The maximum absolute atomic E-state index is 12.9. The molecular weight excluding hydrogens is 357 g/mol. The highest BCUT2D eigenvalue weighted by Gasteiger charge is 2.38. The normalized spacial score (nSPS) is 22.2. The zero-order valence-electron chi connectivity index (χ0n) is 14.5. The summed E-state index contributed by atoms with van der Waals surface area (Å²) in [5.74, 6) is -1.17. The molecule has 1 fully saturated rings. The Morgan fingerprint density at radius 3 is 2.33 bits per heavy atom. The second-order valence-electron chi connectivity index (χ2n) is 7.05. The molecular formula is C20H19F3N2O2. The summed E-state index contributed by atoms with van der Waals surface area (Å²) < 4.78 is 38.6. The van der Waals surface area contributed by atoms with Gasteiger partial charge in [0.2, 0.25) is 0 Å². The number of hydrogen-bond donors (Lipinski definition) is 1. The first-order chi connectivity index (χ1) is 12.8. The van der Waals surface area contributed by atoms with Crippen LogP contribution >= 0.6 is 0 Å². The smallest absolute Gasteiger partial charge is 0.416 e. The van der Waals surface area contributed by atoms with Gasteiger partial charge in [-0.3, -0.25) is 4.79 Å². The summed E-state index contributed by atoms with van der Waals surface area (Å²) in [4.78, 5) is 15.6. The van der Waals surface area contributed by atoms with Crippen LogP contribution in [0.1, 0.15) is 18.4 Å². The molecule has 2 aromatic rings. The molecule has 2 heterocycles. The topological polar surface area (TPSA) is 43.8 Å². The fourth-order valence-corrected chi connectivity index (χ4v) is 4.08. The molecule has 0 radical (unpaired) electrons. The van der Waals surface area contributed by atoms with Gasteiger partial charge in [-0.1, -0.05) is 12.1 Å². The number of carbonyl (C=O) groups is 1. The van der Waals surface area contributed by atoms with Crippen molar-refractivity contribution in [2.24, 2.45) is 5.92 Å². The predicted octanol–water partition coefficient (Wildman–Crippen LogP) is 4.53. The summed E-state index contributed by atoms with van der Waals surface area (Å²) in [6.07, 6.45) is -3.24. The molecule has 0 aromatic heterocycles. The Labute approximate surface area is 154 Å². The lowest BCUT2D eigenvalue weighted by atomic mass is 9.88. The fourth-order valence-electron chi connectivity index (χ4n) is 4.08. The molecule has 0 spiro atoms. The number of piperidine rings is 1. The standard InChI is InChI=1S/C20H19F3N2O2/c21-20(22,23)14-5-7-15(8-6-14)25-12-16-11-13(19(26)27)9-10-24(16)17-3-1-2-4-18(17)25/h1-8,13,16H,9-12H2,(H,26,27)/t13-,16+/m1/s1. The number of para-hydroxylation sites is 2. The van der Waals surface area contributed by atoms with E-state index < -0.39 is 17.7 Å². The number of alkyl halides is 3. The Kier molecular flexibility index (Phi) is 4.25. The fraction of sp³-hybridized carbons (Fsp3) is 0.350. The van der Waals surface area contributed by atoms with E-state index >= 15 is 0 Å². The van der Waals surface area contributed by atoms with Gasteiger partial charge in [-0.15, -0.1) is 0 Å². The quantitative estimate of drug-likeness (QED) is 0.837. The van der Waals surface area contributed by atoms with Crippen LogP contribution < -0.4 is 9.80 Å². The first-order valence-electron chi connectivity index (χ1n) is 8.88. The lowest BCUT2D eigenvalue weighted by molar-refractivity contribution is -0.142. The zero-order chi connectivity index (χ0) is 19.2. The van der Waals surface area contributed by atoms with Crippen molar-refractivity contribution in [2.45, 2.75) is 25.1 Å². The van der Waals surface area contributed by atoms with Gasteiger partial charge in [-0.2, -0.15) is 13.2 Å². The van der Waals surface area contributed by atoms with Crippen LogP contribution in [-0.4, -0.2) is 30.2 Å². The first-order valence-corrected chi connectivity index (χ1v) is 8.88. The highest BCUT2D eigenvalue weighted by Crippen LogP contribution is 2.43. The third-order valence-electron chi connectivity index (χ3n) is 5.45. The van der Waals surface area contributed by atoms with Gasteiger partial charge in [0.15, 0.2) is 0 Å². The Bertz CT molecular complexity index is 851. The number of carboxylic acid groups (broad SMARTS) is 1. The van der Waals surface area contributed by atoms with E-state index in [9.17, 15) is 23.1 Å². The molecule has 0 aliphatic carbocycles. The number of carboxylic acids is 1. The summed E-state index contributed by atoms with van der Waals surface area (Å²) in [5.41, 5.74) is 1.93. The first kappa shape index (κ1) is 17.7. The molecule has 2 aliphatic heterocycles. The maximum Gasteiger partial charge on any atom is 0.416 e. The van der Waals surface area contributed by atoms with Crippen molar-refractivity contribution in [1.82, 2.24) is 0 Å². The van der Waals surface area contributed by atoms with Crippen LogP contribution in [0.15, 0.2) is 48.5 Å². The van der Waals surface area contributed by atoms with Crippen molar-refractivity contribution in [3.05, 3.63) is 54.1 Å². The number of benzene rings is 2. The van der Waals surface area contributed by atoms with Gasteiger partial charge in [0.1, 0.15) is 0 Å². The predicted molar refractivity (Wildman–Crippen MR) is 96.4 cm³/mol. The van der Waals surface area contributed by atoms with Crippen molar-refractivity contribution in [3.8, 4) is 0 Å². The average Bonchev–Trinajstić information content (AvgIpc) is 2.66. The lowest BCUT2D eigenvalue weighted by Crippen LogP contribution is -2.52. The molecule has 2 aliphatic rings. The van der Waals surface area contributed by atoms with Crippen LogP contribution in [0.4, 0.5) is 30.2 Å². The largest absolute Gasteiger partial charge is 0.481 e. The molecule has 2 atom stereocenters.